The maximum absolute atomic E-state index is 12.7. The maximum Gasteiger partial charge on any atom is 0.123 e. The summed E-state index contributed by atoms with van der Waals surface area (Å²) < 4.78 is 12.7. The van der Waals surface area contributed by atoms with Crippen molar-refractivity contribution in [3.8, 4) is 0 Å². The fraction of sp³-hybridized carbons (Fsp3) is 0. The molecule has 0 fully saturated rings. The molecule has 0 radical (unpaired) electrons. The Balaban J connectivity index is 2.80. The molecule has 0 aromatic heterocycles. The summed E-state index contributed by atoms with van der Waals surface area (Å²) in [6.07, 6.45) is 0. The number of hydrogen-bond acceptors (Lipinski definition) is 1. The van der Waals surface area contributed by atoms with Crippen molar-refractivity contribution in [2.24, 2.45) is 0 Å². The molecule has 0 aliphatic heterocycles. The van der Waals surface area contributed by atoms with E-state index >= 15 is 0 Å². The van der Waals surface area contributed by atoms with E-state index in [4.69, 9.17) is 0 Å². The van der Waals surface area contributed by atoms with Gasteiger partial charge in [-0.15, -0.1) is 12.6 Å². The third-order valence-corrected chi connectivity index (χ3v) is 2.06. The van der Waals surface area contributed by atoms with Gasteiger partial charge < -0.3 is 0 Å². The zero-order chi connectivity index (χ0) is 8.55. The van der Waals surface area contributed by atoms with Crippen molar-refractivity contribution in [2.75, 3.05) is 0 Å². The molecule has 60 valence electrons. The molecule has 2 aromatic rings. The number of fused-ring (bicyclic) bond motifs is 1. The van der Waals surface area contributed by atoms with Crippen molar-refractivity contribution < 1.29 is 4.39 Å². The molecular weight excluding hydrogens is 171 g/mol. The van der Waals surface area contributed by atoms with Crippen LogP contribution in [0.3, 0.4) is 0 Å². The number of thiol groups is 1. The lowest BCUT2D eigenvalue weighted by Crippen LogP contribution is -1.75. The highest BCUT2D eigenvalue weighted by molar-refractivity contribution is 7.80. The summed E-state index contributed by atoms with van der Waals surface area (Å²) in [7, 11) is 0. The van der Waals surface area contributed by atoms with Gasteiger partial charge in [0.15, 0.2) is 0 Å². The third-order valence-electron chi connectivity index (χ3n) is 1.79. The van der Waals surface area contributed by atoms with Gasteiger partial charge in [0.2, 0.25) is 0 Å². The first-order chi connectivity index (χ1) is 5.75. The highest BCUT2D eigenvalue weighted by Crippen LogP contribution is 2.18. The van der Waals surface area contributed by atoms with Crippen molar-refractivity contribution >= 4 is 23.4 Å². The van der Waals surface area contributed by atoms with Crippen LogP contribution in [0.5, 0.6) is 0 Å². The van der Waals surface area contributed by atoms with Crippen LogP contribution in [0.4, 0.5) is 4.39 Å². The van der Waals surface area contributed by atoms with Crippen molar-refractivity contribution in [1.29, 1.82) is 0 Å². The summed E-state index contributed by atoms with van der Waals surface area (Å²) in [5, 5.41) is 1.93. The van der Waals surface area contributed by atoms with E-state index in [9.17, 15) is 4.39 Å². The van der Waals surface area contributed by atoms with E-state index in [0.29, 0.717) is 0 Å². The Morgan fingerprint density at radius 2 is 1.67 bits per heavy atom. The molecule has 0 spiro atoms. The van der Waals surface area contributed by atoms with E-state index in [2.05, 4.69) is 12.6 Å². The standard InChI is InChI=1S/C10H7FS/c11-9-3-1-7-2-4-10(12)6-8(7)5-9/h1-6,12H. The van der Waals surface area contributed by atoms with Gasteiger partial charge in [-0.2, -0.15) is 0 Å². The number of rotatable bonds is 0. The van der Waals surface area contributed by atoms with Crippen LogP contribution in [0, 0.1) is 5.82 Å². The summed E-state index contributed by atoms with van der Waals surface area (Å²) in [5.41, 5.74) is 0. The van der Waals surface area contributed by atoms with E-state index in [1.807, 2.05) is 18.2 Å². The summed E-state index contributed by atoms with van der Waals surface area (Å²) in [5.74, 6) is -0.207. The summed E-state index contributed by atoms with van der Waals surface area (Å²) in [6, 6.07) is 10.4. The fourth-order valence-electron chi connectivity index (χ4n) is 1.20. The summed E-state index contributed by atoms with van der Waals surface area (Å²) in [4.78, 5) is 0.855. The van der Waals surface area contributed by atoms with E-state index < -0.39 is 0 Å². The molecule has 2 rings (SSSR count). The molecule has 0 saturated heterocycles. The van der Waals surface area contributed by atoms with Gasteiger partial charge >= 0.3 is 0 Å². The van der Waals surface area contributed by atoms with Gasteiger partial charge in [0.05, 0.1) is 0 Å². The summed E-state index contributed by atoms with van der Waals surface area (Å²) >= 11 is 4.17. The molecule has 0 unspecified atom stereocenters. The highest BCUT2D eigenvalue weighted by atomic mass is 32.1. The lowest BCUT2D eigenvalue weighted by Gasteiger charge is -1.97. The molecule has 0 aliphatic carbocycles. The predicted molar refractivity (Wildman–Crippen MR) is 51.2 cm³/mol. The Hall–Kier alpha value is -1.02. The zero-order valence-corrected chi connectivity index (χ0v) is 7.18. The Morgan fingerprint density at radius 3 is 2.50 bits per heavy atom. The molecule has 0 nitrogen and oxygen atoms in total. The molecule has 0 atom stereocenters. The Morgan fingerprint density at radius 1 is 0.917 bits per heavy atom. The zero-order valence-electron chi connectivity index (χ0n) is 6.29. The summed E-state index contributed by atoms with van der Waals surface area (Å²) in [6.45, 7) is 0. The minimum atomic E-state index is -0.207. The van der Waals surface area contributed by atoms with E-state index in [1.165, 1.54) is 12.1 Å². The maximum atomic E-state index is 12.7. The van der Waals surface area contributed by atoms with Crippen molar-refractivity contribution in [1.82, 2.24) is 0 Å². The monoisotopic (exact) mass is 178 g/mol. The average Bonchev–Trinajstić information content (AvgIpc) is 2.03. The Bertz CT molecular complexity index is 386. The SMILES string of the molecule is Fc1ccc2ccc(S)cc2c1. The minimum absolute atomic E-state index is 0.207. The highest BCUT2D eigenvalue weighted by Gasteiger charge is 1.95. The first-order valence-corrected chi connectivity index (χ1v) is 4.09. The number of hydrogen-bond donors (Lipinski definition) is 1. The van der Waals surface area contributed by atoms with E-state index in [1.54, 1.807) is 6.07 Å². The molecule has 12 heavy (non-hydrogen) atoms. The van der Waals surface area contributed by atoms with Gasteiger partial charge in [0.25, 0.3) is 0 Å². The van der Waals surface area contributed by atoms with Gasteiger partial charge in [0, 0.05) is 4.90 Å². The molecular formula is C10H7FS. The Kier molecular flexibility index (Phi) is 1.77. The van der Waals surface area contributed by atoms with Gasteiger partial charge in [0.1, 0.15) is 5.82 Å². The van der Waals surface area contributed by atoms with Crippen LogP contribution in [-0.4, -0.2) is 0 Å². The first kappa shape index (κ1) is 7.62. The first-order valence-electron chi connectivity index (χ1n) is 3.64. The van der Waals surface area contributed by atoms with Gasteiger partial charge in [-0.1, -0.05) is 12.1 Å². The minimum Gasteiger partial charge on any atom is -0.207 e. The second-order valence-electron chi connectivity index (χ2n) is 2.68. The van der Waals surface area contributed by atoms with Gasteiger partial charge in [-0.05, 0) is 35.0 Å². The number of halogens is 1. The topological polar surface area (TPSA) is 0 Å². The second kappa shape index (κ2) is 2.79. The average molecular weight is 178 g/mol. The molecule has 0 N–H and O–H groups in total. The largest absolute Gasteiger partial charge is 0.207 e. The van der Waals surface area contributed by atoms with E-state index in [-0.39, 0.29) is 5.82 Å². The molecule has 0 bridgehead atoms. The Labute approximate surface area is 75.4 Å². The van der Waals surface area contributed by atoms with Crippen LogP contribution in [0.1, 0.15) is 0 Å². The van der Waals surface area contributed by atoms with Gasteiger partial charge in [-0.3, -0.25) is 0 Å². The third kappa shape index (κ3) is 1.30. The van der Waals surface area contributed by atoms with Crippen LogP contribution in [-0.2, 0) is 0 Å². The lowest BCUT2D eigenvalue weighted by molar-refractivity contribution is 0.629. The molecule has 2 heteroatoms. The van der Waals surface area contributed by atoms with Crippen LogP contribution >= 0.6 is 12.6 Å². The normalized spacial score (nSPS) is 10.5. The molecule has 2 aromatic carbocycles. The van der Waals surface area contributed by atoms with Crippen molar-refractivity contribution in [2.45, 2.75) is 4.90 Å². The molecule has 0 heterocycles. The molecule has 0 saturated carbocycles. The predicted octanol–water partition coefficient (Wildman–Crippen LogP) is 3.27. The smallest absolute Gasteiger partial charge is 0.123 e. The van der Waals surface area contributed by atoms with Crippen LogP contribution in [0.2, 0.25) is 0 Å². The van der Waals surface area contributed by atoms with Crippen LogP contribution in [0.25, 0.3) is 10.8 Å². The molecule has 0 aliphatic rings. The second-order valence-corrected chi connectivity index (χ2v) is 3.19. The fourth-order valence-corrected chi connectivity index (χ4v) is 1.42. The quantitative estimate of drug-likeness (QED) is 0.588. The van der Waals surface area contributed by atoms with Crippen LogP contribution in [0.15, 0.2) is 41.3 Å². The lowest BCUT2D eigenvalue weighted by atomic mass is 10.1. The van der Waals surface area contributed by atoms with Crippen molar-refractivity contribution in [3.63, 3.8) is 0 Å². The number of benzene rings is 2. The van der Waals surface area contributed by atoms with Crippen molar-refractivity contribution in [3.05, 3.63) is 42.2 Å². The van der Waals surface area contributed by atoms with Crippen LogP contribution < -0.4 is 0 Å². The van der Waals surface area contributed by atoms with Gasteiger partial charge in [-0.25, -0.2) is 4.39 Å². The molecule has 0 amide bonds. The van der Waals surface area contributed by atoms with E-state index in [0.717, 1.165) is 15.7 Å².